The first-order valence-electron chi connectivity index (χ1n) is 5.67. The Morgan fingerprint density at radius 3 is 2.56 bits per heavy atom. The van der Waals surface area contributed by atoms with Crippen LogP contribution in [-0.2, 0) is 5.41 Å². The first kappa shape index (κ1) is 11.6. The monoisotopic (exact) mass is 223 g/mol. The molecule has 2 rings (SSSR count). The molecule has 0 bridgehead atoms. The molecule has 0 radical (unpaired) electrons. The standard InChI is InChI=1S/C13H18FNO/c1-12(16)6-7-13(8-12,9-15)10-4-2-3-5-11(10)14/h2-5,16H,6-9,15H2,1H3. The van der Waals surface area contributed by atoms with Crippen LogP contribution in [0.3, 0.4) is 0 Å². The van der Waals surface area contributed by atoms with Gasteiger partial charge in [0.2, 0.25) is 0 Å². The summed E-state index contributed by atoms with van der Waals surface area (Å²) >= 11 is 0. The van der Waals surface area contributed by atoms with E-state index in [-0.39, 0.29) is 5.82 Å². The Hall–Kier alpha value is -0.930. The van der Waals surface area contributed by atoms with Gasteiger partial charge in [0.1, 0.15) is 5.82 Å². The largest absolute Gasteiger partial charge is 0.390 e. The Balaban J connectivity index is 2.41. The highest BCUT2D eigenvalue weighted by Crippen LogP contribution is 2.46. The van der Waals surface area contributed by atoms with Crippen molar-refractivity contribution in [2.24, 2.45) is 5.73 Å². The number of benzene rings is 1. The van der Waals surface area contributed by atoms with E-state index in [1.54, 1.807) is 19.1 Å². The second-order valence-electron chi connectivity index (χ2n) is 5.14. The van der Waals surface area contributed by atoms with Gasteiger partial charge in [-0.25, -0.2) is 4.39 Å². The third-order valence-corrected chi connectivity index (χ3v) is 3.70. The summed E-state index contributed by atoms with van der Waals surface area (Å²) in [5, 5.41) is 10.0. The molecule has 16 heavy (non-hydrogen) atoms. The van der Waals surface area contributed by atoms with E-state index in [2.05, 4.69) is 0 Å². The van der Waals surface area contributed by atoms with Gasteiger partial charge in [-0.05, 0) is 37.8 Å². The minimum atomic E-state index is -0.721. The van der Waals surface area contributed by atoms with Gasteiger partial charge in [-0.15, -0.1) is 0 Å². The fourth-order valence-corrected chi connectivity index (χ4v) is 2.82. The van der Waals surface area contributed by atoms with Crippen LogP contribution in [0.25, 0.3) is 0 Å². The van der Waals surface area contributed by atoms with Gasteiger partial charge in [-0.2, -0.15) is 0 Å². The molecule has 1 aromatic carbocycles. The molecule has 1 saturated carbocycles. The summed E-state index contributed by atoms with van der Waals surface area (Å²) in [5.74, 6) is -0.217. The average Bonchev–Trinajstić information content (AvgIpc) is 2.56. The van der Waals surface area contributed by atoms with Gasteiger partial charge in [0.15, 0.2) is 0 Å². The van der Waals surface area contributed by atoms with Crippen molar-refractivity contribution >= 4 is 0 Å². The predicted octanol–water partition coefficient (Wildman–Crippen LogP) is 1.96. The maximum Gasteiger partial charge on any atom is 0.127 e. The number of aliphatic hydroxyl groups is 1. The van der Waals surface area contributed by atoms with Gasteiger partial charge in [0.05, 0.1) is 5.60 Å². The zero-order chi connectivity index (χ0) is 11.8. The van der Waals surface area contributed by atoms with Crippen molar-refractivity contribution in [3.8, 4) is 0 Å². The minimum absolute atomic E-state index is 0.217. The Kier molecular flexibility index (Phi) is 2.76. The molecule has 3 heteroatoms. The highest BCUT2D eigenvalue weighted by Gasteiger charge is 2.45. The Bertz CT molecular complexity index is 391. The highest BCUT2D eigenvalue weighted by molar-refractivity contribution is 5.30. The molecule has 0 spiro atoms. The summed E-state index contributed by atoms with van der Waals surface area (Å²) in [6.07, 6.45) is 1.97. The van der Waals surface area contributed by atoms with Gasteiger partial charge in [-0.3, -0.25) is 0 Å². The van der Waals surface area contributed by atoms with E-state index in [4.69, 9.17) is 5.73 Å². The van der Waals surface area contributed by atoms with Crippen LogP contribution in [-0.4, -0.2) is 17.3 Å². The zero-order valence-corrected chi connectivity index (χ0v) is 9.54. The minimum Gasteiger partial charge on any atom is -0.390 e. The van der Waals surface area contributed by atoms with Gasteiger partial charge >= 0.3 is 0 Å². The smallest absolute Gasteiger partial charge is 0.127 e. The molecule has 1 fully saturated rings. The lowest BCUT2D eigenvalue weighted by Gasteiger charge is -2.29. The molecule has 1 aliphatic rings. The summed E-state index contributed by atoms with van der Waals surface area (Å²) in [4.78, 5) is 0. The molecule has 2 nitrogen and oxygen atoms in total. The molecule has 88 valence electrons. The van der Waals surface area contributed by atoms with Gasteiger partial charge in [0.25, 0.3) is 0 Å². The maximum atomic E-state index is 13.8. The number of halogens is 1. The number of hydrogen-bond donors (Lipinski definition) is 2. The molecule has 0 aliphatic heterocycles. The van der Waals surface area contributed by atoms with Crippen LogP contribution in [0.15, 0.2) is 24.3 Å². The molecule has 1 aliphatic carbocycles. The van der Waals surface area contributed by atoms with Crippen molar-refractivity contribution in [1.29, 1.82) is 0 Å². The number of rotatable bonds is 2. The van der Waals surface area contributed by atoms with E-state index in [0.29, 0.717) is 24.9 Å². The second-order valence-corrected chi connectivity index (χ2v) is 5.14. The van der Waals surface area contributed by atoms with Crippen molar-refractivity contribution in [2.75, 3.05) is 6.54 Å². The van der Waals surface area contributed by atoms with Crippen LogP contribution in [0.1, 0.15) is 31.7 Å². The Morgan fingerprint density at radius 1 is 1.38 bits per heavy atom. The number of nitrogens with two attached hydrogens (primary N) is 1. The fraction of sp³-hybridized carbons (Fsp3) is 0.538. The molecular formula is C13H18FNO. The molecule has 2 atom stereocenters. The van der Waals surface area contributed by atoms with Crippen LogP contribution < -0.4 is 5.73 Å². The summed E-state index contributed by atoms with van der Waals surface area (Å²) in [6.45, 7) is 2.18. The van der Waals surface area contributed by atoms with Crippen molar-refractivity contribution in [2.45, 2.75) is 37.2 Å². The van der Waals surface area contributed by atoms with E-state index in [9.17, 15) is 9.50 Å². The van der Waals surface area contributed by atoms with Crippen LogP contribution in [0.4, 0.5) is 4.39 Å². The quantitative estimate of drug-likeness (QED) is 0.805. The van der Waals surface area contributed by atoms with Crippen molar-refractivity contribution in [3.63, 3.8) is 0 Å². The van der Waals surface area contributed by atoms with Crippen LogP contribution >= 0.6 is 0 Å². The lowest BCUT2D eigenvalue weighted by atomic mass is 9.77. The molecule has 1 aromatic rings. The van der Waals surface area contributed by atoms with Crippen molar-refractivity contribution in [3.05, 3.63) is 35.6 Å². The van der Waals surface area contributed by atoms with Crippen LogP contribution in [0, 0.1) is 5.82 Å². The van der Waals surface area contributed by atoms with E-state index in [1.165, 1.54) is 6.07 Å². The van der Waals surface area contributed by atoms with E-state index >= 15 is 0 Å². The van der Waals surface area contributed by atoms with Crippen molar-refractivity contribution in [1.82, 2.24) is 0 Å². The molecule has 3 N–H and O–H groups in total. The van der Waals surface area contributed by atoms with Gasteiger partial charge in [0, 0.05) is 12.0 Å². The third-order valence-electron chi connectivity index (χ3n) is 3.70. The molecule has 0 saturated heterocycles. The second kappa shape index (κ2) is 3.82. The predicted molar refractivity (Wildman–Crippen MR) is 61.6 cm³/mol. The Morgan fingerprint density at radius 2 is 2.06 bits per heavy atom. The van der Waals surface area contributed by atoms with E-state index < -0.39 is 11.0 Å². The summed E-state index contributed by atoms with van der Waals surface area (Å²) in [7, 11) is 0. The lowest BCUT2D eigenvalue weighted by Crippen LogP contribution is -2.36. The van der Waals surface area contributed by atoms with Gasteiger partial charge in [-0.1, -0.05) is 18.2 Å². The SMILES string of the molecule is CC1(O)CCC(CN)(c2ccccc2F)C1. The lowest BCUT2D eigenvalue weighted by molar-refractivity contribution is 0.0610. The summed E-state index contributed by atoms with van der Waals surface area (Å²) in [6, 6.07) is 6.74. The Labute approximate surface area is 95.3 Å². The summed E-state index contributed by atoms with van der Waals surface area (Å²) in [5.41, 5.74) is 5.35. The van der Waals surface area contributed by atoms with Crippen molar-refractivity contribution < 1.29 is 9.50 Å². The molecule has 0 amide bonds. The normalized spacial score (nSPS) is 34.2. The van der Waals surface area contributed by atoms with E-state index in [0.717, 1.165) is 6.42 Å². The van der Waals surface area contributed by atoms with Crippen LogP contribution in [0.2, 0.25) is 0 Å². The maximum absolute atomic E-state index is 13.8. The van der Waals surface area contributed by atoms with E-state index in [1.807, 2.05) is 6.07 Å². The fourth-order valence-electron chi connectivity index (χ4n) is 2.82. The first-order valence-corrected chi connectivity index (χ1v) is 5.67. The third kappa shape index (κ3) is 1.85. The topological polar surface area (TPSA) is 46.2 Å². The molecule has 0 heterocycles. The molecule has 0 aromatic heterocycles. The highest BCUT2D eigenvalue weighted by atomic mass is 19.1. The summed E-state index contributed by atoms with van der Waals surface area (Å²) < 4.78 is 13.8. The molecule has 2 unspecified atom stereocenters. The molecular weight excluding hydrogens is 205 g/mol. The zero-order valence-electron chi connectivity index (χ0n) is 9.54. The van der Waals surface area contributed by atoms with Crippen LogP contribution in [0.5, 0.6) is 0 Å². The average molecular weight is 223 g/mol. The first-order chi connectivity index (χ1) is 7.49. The van der Waals surface area contributed by atoms with Gasteiger partial charge < -0.3 is 10.8 Å². The number of hydrogen-bond acceptors (Lipinski definition) is 2.